The molecule has 3 amide bonds. The van der Waals surface area contributed by atoms with Crippen molar-refractivity contribution in [1.29, 1.82) is 0 Å². The van der Waals surface area contributed by atoms with E-state index in [2.05, 4.69) is 27.1 Å². The molecule has 11 heteroatoms. The maximum atomic E-state index is 13.8. The van der Waals surface area contributed by atoms with Gasteiger partial charge < -0.3 is 29.8 Å². The van der Waals surface area contributed by atoms with Gasteiger partial charge in [0, 0.05) is 36.6 Å². The van der Waals surface area contributed by atoms with Crippen LogP contribution >= 0.6 is 0 Å². The van der Waals surface area contributed by atoms with Gasteiger partial charge in [-0.15, -0.1) is 0 Å². The SMILES string of the molecule is COC(=O)N[C@@H](C(=O)N1CCC[C@H]1c1nc(C#Cc2ccc(-c3c[nH]c([C@@H]4CCCN4C(=O)[CH]c4ccccc4)n3)cc2)c[nH]1)c1ccccc1. The van der Waals surface area contributed by atoms with Crippen LogP contribution < -0.4 is 5.32 Å². The summed E-state index contributed by atoms with van der Waals surface area (Å²) in [4.78, 5) is 58.7. The number of carbonyl (C=O) groups is 3. The molecule has 0 unspecified atom stereocenters. The largest absolute Gasteiger partial charge is 0.453 e. The van der Waals surface area contributed by atoms with E-state index in [9.17, 15) is 14.4 Å². The van der Waals surface area contributed by atoms with Crippen LogP contribution in [0.3, 0.4) is 0 Å². The molecule has 1 radical (unpaired) electrons. The standard InChI is InChI=1S/C40H38N7O4/c1-51-40(50)45-36(30-12-6-3-7-13-30)39(49)47-23-9-15-34(47)37-41-25-31(43-37)21-18-27-16-19-29(20-17-27)32-26-42-38(44-32)33-14-8-22-46(33)35(48)24-28-10-4-2-5-11-28/h2-7,10-13,16-17,19-20,24-26,33-34,36H,8-9,14-15,22-23H2,1H3,(H,41,43)(H,42,44)(H,45,50)/t33-,34-,36+/m0/s1. The van der Waals surface area contributed by atoms with Gasteiger partial charge in [-0.2, -0.15) is 0 Å². The molecule has 0 bridgehead atoms. The molecule has 4 heterocycles. The van der Waals surface area contributed by atoms with Gasteiger partial charge >= 0.3 is 6.09 Å². The van der Waals surface area contributed by atoms with Crippen LogP contribution in [0.5, 0.6) is 0 Å². The van der Waals surface area contributed by atoms with E-state index in [-0.39, 0.29) is 23.9 Å². The second-order valence-electron chi connectivity index (χ2n) is 12.6. The summed E-state index contributed by atoms with van der Waals surface area (Å²) in [7, 11) is 1.28. The molecule has 2 saturated heterocycles. The first-order chi connectivity index (χ1) is 25.0. The van der Waals surface area contributed by atoms with Crippen LogP contribution in [0.2, 0.25) is 0 Å². The second-order valence-corrected chi connectivity index (χ2v) is 12.6. The highest BCUT2D eigenvalue weighted by atomic mass is 16.5. The summed E-state index contributed by atoms with van der Waals surface area (Å²) in [6.07, 6.45) is 7.99. The third-order valence-electron chi connectivity index (χ3n) is 9.33. The molecular formula is C40H38N7O4. The lowest BCUT2D eigenvalue weighted by molar-refractivity contribution is -0.134. The Kier molecular flexibility index (Phi) is 9.92. The Morgan fingerprint density at radius 2 is 1.47 bits per heavy atom. The molecule has 0 aliphatic carbocycles. The highest BCUT2D eigenvalue weighted by molar-refractivity contribution is 5.89. The summed E-state index contributed by atoms with van der Waals surface area (Å²) in [5.74, 6) is 7.52. The molecule has 0 saturated carbocycles. The minimum absolute atomic E-state index is 0.00713. The lowest BCUT2D eigenvalue weighted by Crippen LogP contribution is -2.42. The highest BCUT2D eigenvalue weighted by Crippen LogP contribution is 2.34. The summed E-state index contributed by atoms with van der Waals surface area (Å²) < 4.78 is 4.80. The Morgan fingerprint density at radius 3 is 2.20 bits per heavy atom. The first-order valence-electron chi connectivity index (χ1n) is 17.1. The lowest BCUT2D eigenvalue weighted by Gasteiger charge is -2.28. The van der Waals surface area contributed by atoms with Gasteiger partial charge in [-0.25, -0.2) is 14.8 Å². The Bertz CT molecular complexity index is 2050. The van der Waals surface area contributed by atoms with Crippen LogP contribution in [0.1, 0.15) is 77.8 Å². The zero-order valence-electron chi connectivity index (χ0n) is 28.2. The number of hydrogen-bond acceptors (Lipinski definition) is 6. The molecule has 5 aromatic rings. The number of carbonyl (C=O) groups excluding carboxylic acids is 3. The Balaban J connectivity index is 0.998. The molecule has 3 N–H and O–H groups in total. The van der Waals surface area contributed by atoms with Crippen molar-refractivity contribution in [2.24, 2.45) is 0 Å². The highest BCUT2D eigenvalue weighted by Gasteiger charge is 2.37. The number of nitrogens with zero attached hydrogens (tertiary/aromatic N) is 4. The molecule has 11 nitrogen and oxygen atoms in total. The molecule has 3 atom stereocenters. The van der Waals surface area contributed by atoms with E-state index in [1.807, 2.05) is 96.0 Å². The average Bonchev–Trinajstić information content (AvgIpc) is 4.00. The first kappa shape index (κ1) is 33.4. The molecule has 3 aromatic carbocycles. The maximum absolute atomic E-state index is 13.8. The third kappa shape index (κ3) is 7.55. The topological polar surface area (TPSA) is 136 Å². The number of methoxy groups -OCH3 is 1. The minimum atomic E-state index is -0.880. The van der Waals surface area contributed by atoms with Gasteiger partial charge in [-0.3, -0.25) is 9.59 Å². The van der Waals surface area contributed by atoms with Crippen molar-refractivity contribution < 1.29 is 19.1 Å². The third-order valence-corrected chi connectivity index (χ3v) is 9.33. The maximum Gasteiger partial charge on any atom is 0.407 e. The molecule has 7 rings (SSSR count). The Morgan fingerprint density at radius 1 is 0.824 bits per heavy atom. The van der Waals surface area contributed by atoms with E-state index >= 15 is 0 Å². The van der Waals surface area contributed by atoms with Crippen LogP contribution in [0.25, 0.3) is 11.3 Å². The van der Waals surface area contributed by atoms with Crippen molar-refractivity contribution >= 4 is 17.9 Å². The van der Waals surface area contributed by atoms with Crippen molar-refractivity contribution in [2.45, 2.75) is 43.8 Å². The van der Waals surface area contributed by atoms with E-state index in [4.69, 9.17) is 14.7 Å². The Labute approximate surface area is 296 Å². The molecular weight excluding hydrogens is 642 g/mol. The molecule has 257 valence electrons. The minimum Gasteiger partial charge on any atom is -0.453 e. The number of aromatic nitrogens is 4. The van der Waals surface area contributed by atoms with Gasteiger partial charge in [0.05, 0.1) is 31.3 Å². The van der Waals surface area contributed by atoms with E-state index in [1.54, 1.807) is 17.5 Å². The van der Waals surface area contributed by atoms with Gasteiger partial charge in [-0.1, -0.05) is 78.7 Å². The summed E-state index contributed by atoms with van der Waals surface area (Å²) in [5, 5.41) is 2.69. The first-order valence-corrected chi connectivity index (χ1v) is 17.1. The number of H-pyrrole nitrogens is 2. The van der Waals surface area contributed by atoms with Crippen molar-refractivity contribution in [3.8, 4) is 23.1 Å². The summed E-state index contributed by atoms with van der Waals surface area (Å²) >= 11 is 0. The van der Waals surface area contributed by atoms with Crippen molar-refractivity contribution in [3.05, 3.63) is 138 Å². The van der Waals surface area contributed by atoms with E-state index in [0.717, 1.165) is 53.9 Å². The average molecular weight is 681 g/mol. The number of imidazole rings is 2. The molecule has 2 aliphatic heterocycles. The fourth-order valence-corrected chi connectivity index (χ4v) is 6.77. The predicted octanol–water partition coefficient (Wildman–Crippen LogP) is 5.88. The normalized spacial score (nSPS) is 17.4. The van der Waals surface area contributed by atoms with Crippen LogP contribution in [0, 0.1) is 18.3 Å². The quantitative estimate of drug-likeness (QED) is 0.175. The van der Waals surface area contributed by atoms with Crippen molar-refractivity contribution in [3.63, 3.8) is 0 Å². The molecule has 51 heavy (non-hydrogen) atoms. The van der Waals surface area contributed by atoms with E-state index in [1.165, 1.54) is 7.11 Å². The number of benzene rings is 3. The van der Waals surface area contributed by atoms with Gasteiger partial charge in [0.1, 0.15) is 23.4 Å². The van der Waals surface area contributed by atoms with Gasteiger partial charge in [0.15, 0.2) is 0 Å². The van der Waals surface area contributed by atoms with E-state index in [0.29, 0.717) is 30.2 Å². The predicted molar refractivity (Wildman–Crippen MR) is 191 cm³/mol. The smallest absolute Gasteiger partial charge is 0.407 e. The molecule has 2 aliphatic rings. The monoisotopic (exact) mass is 680 g/mol. The fourth-order valence-electron chi connectivity index (χ4n) is 6.77. The molecule has 2 aromatic heterocycles. The van der Waals surface area contributed by atoms with Gasteiger partial charge in [0.25, 0.3) is 5.91 Å². The number of aromatic amines is 2. The summed E-state index contributed by atoms with van der Waals surface area (Å²) in [6.45, 7) is 1.25. The van der Waals surface area contributed by atoms with Gasteiger partial charge in [-0.05, 0) is 54.9 Å². The van der Waals surface area contributed by atoms with Crippen LogP contribution in [-0.4, -0.2) is 67.8 Å². The van der Waals surface area contributed by atoms with E-state index < -0.39 is 12.1 Å². The second kappa shape index (κ2) is 15.2. The van der Waals surface area contributed by atoms with Crippen molar-refractivity contribution in [1.82, 2.24) is 35.1 Å². The molecule has 2 fully saturated rings. The number of amides is 3. The number of ether oxygens (including phenoxy) is 1. The number of alkyl carbamates (subject to hydrolysis) is 1. The lowest BCUT2D eigenvalue weighted by atomic mass is 10.1. The number of rotatable bonds is 8. The summed E-state index contributed by atoms with van der Waals surface area (Å²) in [5.41, 5.74) is 4.70. The number of likely N-dealkylation sites (tertiary alicyclic amines) is 2. The van der Waals surface area contributed by atoms with Crippen LogP contribution in [-0.2, 0) is 14.3 Å². The van der Waals surface area contributed by atoms with Crippen LogP contribution in [0.4, 0.5) is 4.79 Å². The number of hydrogen-bond donors (Lipinski definition) is 3. The Hall–Kier alpha value is -6.15. The molecule has 0 spiro atoms. The van der Waals surface area contributed by atoms with Crippen molar-refractivity contribution in [2.75, 3.05) is 20.2 Å². The fraction of sp³-hybridized carbons (Fsp3) is 0.250. The van der Waals surface area contributed by atoms with Gasteiger partial charge in [0.2, 0.25) is 5.91 Å². The zero-order valence-corrected chi connectivity index (χ0v) is 28.2. The van der Waals surface area contributed by atoms with Crippen LogP contribution in [0.15, 0.2) is 97.3 Å². The number of nitrogens with one attached hydrogen (secondary N) is 3. The zero-order chi connectivity index (χ0) is 35.2. The summed E-state index contributed by atoms with van der Waals surface area (Å²) in [6, 6.07) is 25.4.